The van der Waals surface area contributed by atoms with Crippen molar-refractivity contribution in [1.29, 1.82) is 0 Å². The number of nitrogens with zero attached hydrogens (tertiary/aromatic N) is 1. The zero-order chi connectivity index (χ0) is 37.7. The summed E-state index contributed by atoms with van der Waals surface area (Å²) in [6, 6.07) is 27.4. The number of hydrogen-bond acceptors (Lipinski definition) is 2. The molecule has 3 heteroatoms. The lowest BCUT2D eigenvalue weighted by atomic mass is 9.32. The van der Waals surface area contributed by atoms with E-state index >= 15 is 0 Å². The molecule has 52 heavy (non-hydrogen) atoms. The van der Waals surface area contributed by atoms with Crippen molar-refractivity contribution < 1.29 is 0 Å². The van der Waals surface area contributed by atoms with Gasteiger partial charge in [-0.3, -0.25) is 0 Å². The van der Waals surface area contributed by atoms with Crippen molar-refractivity contribution in [2.24, 2.45) is 0 Å². The van der Waals surface area contributed by atoms with Gasteiger partial charge < -0.3 is 4.90 Å². The van der Waals surface area contributed by atoms with E-state index in [0.29, 0.717) is 0 Å². The van der Waals surface area contributed by atoms with Crippen molar-refractivity contribution in [3.05, 3.63) is 106 Å². The fraction of sp³-hybridized carbons (Fsp3) is 0.469. The van der Waals surface area contributed by atoms with E-state index in [1.807, 2.05) is 11.3 Å². The lowest BCUT2D eigenvalue weighted by molar-refractivity contribution is 0.331. The molecule has 2 aliphatic heterocycles. The van der Waals surface area contributed by atoms with Gasteiger partial charge in [-0.05, 0) is 115 Å². The molecule has 0 saturated carbocycles. The van der Waals surface area contributed by atoms with Crippen LogP contribution >= 0.6 is 11.3 Å². The SMILES string of the molecule is CC(C)(C)c1ccc(N2c3cc(C(C)(C)C)cc4c3B(c3cc5c(cc3C4(C)C)C(C)(C)CCC5(C)C)c3sc4ccc(C(C)(C)C)cc4c32)cc1. The standard InChI is InChI=1S/C49H60BNS/c1-44(2,3)29-16-19-32(20-17-29)51-39-26-31(46(7,8)9)25-37-41(39)50(43-42(51)33-24-30(45(4,5)6)18-21-40(33)52-43)38-28-35-34(27-36(38)49(37,14)15)47(10,11)22-23-48(35,12)13/h16-21,24-28H,22-23H2,1-15H3. The average molecular weight is 706 g/mol. The van der Waals surface area contributed by atoms with E-state index in [-0.39, 0.29) is 39.2 Å². The Labute approximate surface area is 319 Å². The van der Waals surface area contributed by atoms with Gasteiger partial charge in [0.25, 0.3) is 6.71 Å². The summed E-state index contributed by atoms with van der Waals surface area (Å²) in [6.45, 7) is 36.3. The molecule has 0 bridgehead atoms. The highest BCUT2D eigenvalue weighted by molar-refractivity contribution is 7.33. The number of hydrogen-bond donors (Lipinski definition) is 0. The molecule has 0 radical (unpaired) electrons. The normalized spacial score (nSPS) is 18.5. The summed E-state index contributed by atoms with van der Waals surface area (Å²) in [5.74, 6) is 0. The van der Waals surface area contributed by atoms with Crippen LogP contribution in [0, 0.1) is 0 Å². The maximum Gasteiger partial charge on any atom is 0.260 e. The second kappa shape index (κ2) is 10.9. The van der Waals surface area contributed by atoms with E-state index in [1.54, 1.807) is 11.1 Å². The molecule has 0 amide bonds. The van der Waals surface area contributed by atoms with Crippen LogP contribution in [-0.4, -0.2) is 6.71 Å². The van der Waals surface area contributed by atoms with Gasteiger partial charge in [-0.25, -0.2) is 0 Å². The summed E-state index contributed by atoms with van der Waals surface area (Å²) in [6.07, 6.45) is 2.45. The molecule has 1 aliphatic carbocycles. The third-order valence-corrected chi connectivity index (χ3v) is 14.5. The van der Waals surface area contributed by atoms with Gasteiger partial charge in [0.2, 0.25) is 0 Å². The van der Waals surface area contributed by atoms with Crippen LogP contribution in [0.15, 0.2) is 66.7 Å². The molecule has 0 unspecified atom stereocenters. The van der Waals surface area contributed by atoms with E-state index in [0.717, 1.165) is 0 Å². The quantitative estimate of drug-likeness (QED) is 0.154. The van der Waals surface area contributed by atoms with Gasteiger partial charge in [-0.1, -0.05) is 146 Å². The van der Waals surface area contributed by atoms with Gasteiger partial charge in [-0.2, -0.15) is 0 Å². The van der Waals surface area contributed by atoms with Crippen LogP contribution < -0.4 is 20.6 Å². The van der Waals surface area contributed by atoms with Crippen molar-refractivity contribution in [3.8, 4) is 0 Å². The van der Waals surface area contributed by atoms with E-state index < -0.39 is 0 Å². The zero-order valence-electron chi connectivity index (χ0n) is 34.7. The molecule has 1 nitrogen and oxygen atoms in total. The van der Waals surface area contributed by atoms with Gasteiger partial charge in [0.15, 0.2) is 0 Å². The number of benzene rings is 4. The van der Waals surface area contributed by atoms with Gasteiger partial charge in [0.1, 0.15) is 0 Å². The fourth-order valence-corrected chi connectivity index (χ4v) is 10.9. The maximum atomic E-state index is 2.70. The Morgan fingerprint density at radius 2 is 1.13 bits per heavy atom. The van der Waals surface area contributed by atoms with Crippen LogP contribution in [0.1, 0.15) is 156 Å². The molecule has 3 aliphatic rings. The Kier molecular flexibility index (Phi) is 7.49. The fourth-order valence-electron chi connectivity index (χ4n) is 9.56. The Bertz CT molecular complexity index is 2270. The maximum absolute atomic E-state index is 2.70. The molecular weight excluding hydrogens is 645 g/mol. The first-order valence-corrected chi connectivity index (χ1v) is 20.6. The van der Waals surface area contributed by atoms with Gasteiger partial charge in [0.05, 0.1) is 5.69 Å². The Morgan fingerprint density at radius 1 is 0.577 bits per heavy atom. The van der Waals surface area contributed by atoms with Gasteiger partial charge >= 0.3 is 0 Å². The van der Waals surface area contributed by atoms with Gasteiger partial charge in [-0.15, -0.1) is 11.3 Å². The topological polar surface area (TPSA) is 3.24 Å². The van der Waals surface area contributed by atoms with Crippen molar-refractivity contribution in [1.82, 2.24) is 0 Å². The molecule has 0 saturated heterocycles. The Balaban J connectivity index is 1.53. The van der Waals surface area contributed by atoms with Crippen molar-refractivity contribution in [2.45, 2.75) is 149 Å². The summed E-state index contributed by atoms with van der Waals surface area (Å²) in [5.41, 5.74) is 17.6. The highest BCUT2D eigenvalue weighted by atomic mass is 32.1. The zero-order valence-corrected chi connectivity index (χ0v) is 35.5. The minimum atomic E-state index is -0.154. The summed E-state index contributed by atoms with van der Waals surface area (Å²) in [7, 11) is 0. The largest absolute Gasteiger partial charge is 0.310 e. The van der Waals surface area contributed by atoms with Crippen LogP contribution in [-0.2, 0) is 32.5 Å². The van der Waals surface area contributed by atoms with Crippen LogP contribution in [0.3, 0.4) is 0 Å². The van der Waals surface area contributed by atoms with E-state index in [2.05, 4.69) is 175 Å². The third-order valence-electron chi connectivity index (χ3n) is 13.3. The molecule has 3 heterocycles. The van der Waals surface area contributed by atoms with Crippen molar-refractivity contribution >= 4 is 60.9 Å². The van der Waals surface area contributed by atoms with E-state index in [4.69, 9.17) is 0 Å². The monoisotopic (exact) mass is 705 g/mol. The van der Waals surface area contributed by atoms with Crippen molar-refractivity contribution in [2.75, 3.05) is 4.90 Å². The van der Waals surface area contributed by atoms with Crippen LogP contribution in [0.2, 0.25) is 0 Å². The first kappa shape index (κ1) is 35.7. The predicted molar refractivity (Wildman–Crippen MR) is 231 cm³/mol. The lowest BCUT2D eigenvalue weighted by Crippen LogP contribution is -2.63. The molecule has 270 valence electrons. The van der Waals surface area contributed by atoms with Gasteiger partial charge in [0, 0.05) is 31.7 Å². The van der Waals surface area contributed by atoms with E-state index in [1.165, 1.54) is 83.5 Å². The lowest BCUT2D eigenvalue weighted by Gasteiger charge is -2.48. The Morgan fingerprint density at radius 3 is 1.71 bits per heavy atom. The third kappa shape index (κ3) is 5.22. The number of rotatable bonds is 1. The molecule has 0 spiro atoms. The number of anilines is 3. The van der Waals surface area contributed by atoms with E-state index in [9.17, 15) is 0 Å². The van der Waals surface area contributed by atoms with Crippen LogP contribution in [0.5, 0.6) is 0 Å². The van der Waals surface area contributed by atoms with Crippen molar-refractivity contribution in [3.63, 3.8) is 0 Å². The van der Waals surface area contributed by atoms with Crippen LogP contribution in [0.25, 0.3) is 10.1 Å². The molecule has 8 rings (SSSR count). The minimum absolute atomic E-state index is 0.00257. The molecule has 0 atom stereocenters. The second-order valence-corrected chi connectivity index (χ2v) is 22.5. The Hall–Kier alpha value is -3.30. The van der Waals surface area contributed by atoms with Crippen LogP contribution in [0.4, 0.5) is 17.1 Å². The first-order valence-electron chi connectivity index (χ1n) is 19.8. The average Bonchev–Trinajstić information content (AvgIpc) is 3.41. The predicted octanol–water partition coefficient (Wildman–Crippen LogP) is 12.1. The highest BCUT2D eigenvalue weighted by Gasteiger charge is 2.50. The molecule has 1 aromatic heterocycles. The molecule has 0 N–H and O–H groups in total. The summed E-state index contributed by atoms with van der Waals surface area (Å²) in [5, 5.41) is 1.38. The number of fused-ring (bicyclic) bond motifs is 7. The highest BCUT2D eigenvalue weighted by Crippen LogP contribution is 2.51. The minimum Gasteiger partial charge on any atom is -0.310 e. The molecule has 5 aromatic rings. The molecule has 0 fully saturated rings. The molecule has 4 aromatic carbocycles. The molecular formula is C49H60BNS. The summed E-state index contributed by atoms with van der Waals surface area (Å²) >= 11 is 2.03. The second-order valence-electron chi connectivity index (χ2n) is 21.4. The smallest absolute Gasteiger partial charge is 0.260 e. The summed E-state index contributed by atoms with van der Waals surface area (Å²) < 4.78 is 2.87. The summed E-state index contributed by atoms with van der Waals surface area (Å²) in [4.78, 5) is 2.67. The number of thiophene rings is 1. The first-order chi connectivity index (χ1) is 23.9.